The quantitative estimate of drug-likeness (QED) is 0.763. The zero-order valence-electron chi connectivity index (χ0n) is 10.1. The van der Waals surface area contributed by atoms with E-state index >= 15 is 0 Å². The lowest BCUT2D eigenvalue weighted by atomic mass is 10.0. The van der Waals surface area contributed by atoms with Crippen LogP contribution in [-0.2, 0) is 0 Å². The van der Waals surface area contributed by atoms with Crippen LogP contribution < -0.4 is 5.32 Å². The van der Waals surface area contributed by atoms with Crippen molar-refractivity contribution in [1.82, 2.24) is 10.3 Å². The van der Waals surface area contributed by atoms with Crippen molar-refractivity contribution >= 4 is 11.3 Å². The van der Waals surface area contributed by atoms with Gasteiger partial charge in [-0.05, 0) is 32.2 Å². The number of hydrogen-bond acceptors (Lipinski definition) is 3. The smallest absolute Gasteiger partial charge is 0.109 e. The minimum atomic E-state index is 0.420. The van der Waals surface area contributed by atoms with E-state index in [9.17, 15) is 0 Å². The largest absolute Gasteiger partial charge is 0.308 e. The van der Waals surface area contributed by atoms with Crippen LogP contribution in [0.1, 0.15) is 56.5 Å². The highest BCUT2D eigenvalue weighted by atomic mass is 32.1. The molecule has 2 nitrogen and oxygen atoms in total. The summed E-state index contributed by atoms with van der Waals surface area (Å²) in [6, 6.07) is 0.420. The number of rotatable bonds is 6. The SMILES string of the molecule is CC(NCCCC1CCCC1)c1nccs1. The zero-order valence-corrected chi connectivity index (χ0v) is 10.9. The van der Waals surface area contributed by atoms with Crippen LogP contribution in [0.4, 0.5) is 0 Å². The minimum absolute atomic E-state index is 0.420. The molecule has 1 atom stereocenters. The molecule has 0 spiro atoms. The Morgan fingerprint density at radius 3 is 3.00 bits per heavy atom. The Kier molecular flexibility index (Phi) is 4.79. The molecule has 1 heterocycles. The second-order valence-corrected chi connectivity index (χ2v) is 5.77. The fourth-order valence-electron chi connectivity index (χ4n) is 2.54. The lowest BCUT2D eigenvalue weighted by molar-refractivity contribution is 0.456. The third-order valence-electron chi connectivity index (χ3n) is 3.54. The summed E-state index contributed by atoms with van der Waals surface area (Å²) in [6.07, 6.45) is 10.5. The first kappa shape index (κ1) is 12.1. The summed E-state index contributed by atoms with van der Waals surface area (Å²) in [5, 5.41) is 6.81. The van der Waals surface area contributed by atoms with Crippen molar-refractivity contribution in [2.24, 2.45) is 5.92 Å². The summed E-state index contributed by atoms with van der Waals surface area (Å²) in [4.78, 5) is 4.33. The Bertz CT molecular complexity index is 278. The van der Waals surface area contributed by atoms with Gasteiger partial charge in [-0.2, -0.15) is 0 Å². The van der Waals surface area contributed by atoms with Crippen LogP contribution in [-0.4, -0.2) is 11.5 Å². The lowest BCUT2D eigenvalue weighted by Gasteiger charge is -2.12. The van der Waals surface area contributed by atoms with Crippen LogP contribution in [0.25, 0.3) is 0 Å². The van der Waals surface area contributed by atoms with E-state index in [4.69, 9.17) is 0 Å². The van der Waals surface area contributed by atoms with Gasteiger partial charge in [-0.1, -0.05) is 25.7 Å². The van der Waals surface area contributed by atoms with Gasteiger partial charge in [0.05, 0.1) is 6.04 Å². The van der Waals surface area contributed by atoms with Gasteiger partial charge in [-0.3, -0.25) is 0 Å². The van der Waals surface area contributed by atoms with Gasteiger partial charge in [-0.15, -0.1) is 11.3 Å². The fourth-order valence-corrected chi connectivity index (χ4v) is 3.21. The molecule has 16 heavy (non-hydrogen) atoms. The van der Waals surface area contributed by atoms with Gasteiger partial charge < -0.3 is 5.32 Å². The first-order valence-electron chi connectivity index (χ1n) is 6.49. The Balaban J connectivity index is 1.57. The number of thiazole rings is 1. The van der Waals surface area contributed by atoms with E-state index < -0.39 is 0 Å². The van der Waals surface area contributed by atoms with Gasteiger partial charge in [0.15, 0.2) is 0 Å². The first-order chi connectivity index (χ1) is 7.86. The molecule has 1 aliphatic carbocycles. The molecule has 2 rings (SSSR count). The van der Waals surface area contributed by atoms with Crippen molar-refractivity contribution < 1.29 is 0 Å². The van der Waals surface area contributed by atoms with E-state index in [-0.39, 0.29) is 0 Å². The van der Waals surface area contributed by atoms with Crippen molar-refractivity contribution in [3.8, 4) is 0 Å². The molecule has 1 aliphatic rings. The molecule has 0 saturated heterocycles. The van der Waals surface area contributed by atoms with Gasteiger partial charge in [0.2, 0.25) is 0 Å². The minimum Gasteiger partial charge on any atom is -0.308 e. The Morgan fingerprint density at radius 1 is 1.50 bits per heavy atom. The van der Waals surface area contributed by atoms with E-state index in [0.29, 0.717) is 6.04 Å². The third kappa shape index (κ3) is 3.56. The second kappa shape index (κ2) is 6.36. The summed E-state index contributed by atoms with van der Waals surface area (Å²) < 4.78 is 0. The fraction of sp³-hybridized carbons (Fsp3) is 0.769. The molecule has 90 valence electrons. The highest BCUT2D eigenvalue weighted by Gasteiger charge is 2.14. The van der Waals surface area contributed by atoms with E-state index in [1.807, 2.05) is 11.6 Å². The maximum atomic E-state index is 4.33. The number of nitrogens with zero attached hydrogens (tertiary/aromatic N) is 1. The monoisotopic (exact) mass is 238 g/mol. The van der Waals surface area contributed by atoms with Crippen LogP contribution in [0.2, 0.25) is 0 Å². The molecule has 3 heteroatoms. The van der Waals surface area contributed by atoms with Gasteiger partial charge in [-0.25, -0.2) is 4.98 Å². The van der Waals surface area contributed by atoms with Gasteiger partial charge in [0, 0.05) is 11.6 Å². The van der Waals surface area contributed by atoms with Gasteiger partial charge >= 0.3 is 0 Å². The highest BCUT2D eigenvalue weighted by molar-refractivity contribution is 7.09. The predicted octanol–water partition coefficient (Wildman–Crippen LogP) is 3.76. The van der Waals surface area contributed by atoms with Crippen molar-refractivity contribution in [2.45, 2.75) is 51.5 Å². The average Bonchev–Trinajstić information content (AvgIpc) is 2.96. The summed E-state index contributed by atoms with van der Waals surface area (Å²) in [5.74, 6) is 1.02. The molecule has 0 radical (unpaired) electrons. The topological polar surface area (TPSA) is 24.9 Å². The highest BCUT2D eigenvalue weighted by Crippen LogP contribution is 2.28. The molecule has 0 aliphatic heterocycles. The Hall–Kier alpha value is -0.410. The van der Waals surface area contributed by atoms with Gasteiger partial charge in [0.25, 0.3) is 0 Å². The summed E-state index contributed by atoms with van der Waals surface area (Å²) in [7, 11) is 0. The number of nitrogens with one attached hydrogen (secondary N) is 1. The maximum absolute atomic E-state index is 4.33. The molecular formula is C13H22N2S. The molecule has 1 N–H and O–H groups in total. The van der Waals surface area contributed by atoms with Crippen molar-refractivity contribution in [2.75, 3.05) is 6.54 Å². The van der Waals surface area contributed by atoms with Crippen molar-refractivity contribution in [3.05, 3.63) is 16.6 Å². The summed E-state index contributed by atoms with van der Waals surface area (Å²) in [5.41, 5.74) is 0. The summed E-state index contributed by atoms with van der Waals surface area (Å²) in [6.45, 7) is 3.34. The van der Waals surface area contributed by atoms with Crippen LogP contribution in [0.3, 0.4) is 0 Å². The van der Waals surface area contributed by atoms with E-state index in [2.05, 4.69) is 17.2 Å². The molecule has 1 aromatic rings. The van der Waals surface area contributed by atoms with E-state index in [0.717, 1.165) is 12.5 Å². The molecule has 0 bridgehead atoms. The molecule has 1 saturated carbocycles. The molecule has 1 unspecified atom stereocenters. The molecule has 0 aromatic carbocycles. The summed E-state index contributed by atoms with van der Waals surface area (Å²) >= 11 is 1.74. The standard InChI is InChI=1S/C13H22N2S/c1-11(13-15-9-10-16-13)14-8-4-7-12-5-2-3-6-12/h9-12,14H,2-8H2,1H3. The van der Waals surface area contributed by atoms with Crippen LogP contribution >= 0.6 is 11.3 Å². The lowest BCUT2D eigenvalue weighted by Crippen LogP contribution is -2.20. The van der Waals surface area contributed by atoms with Crippen molar-refractivity contribution in [1.29, 1.82) is 0 Å². The number of hydrogen-bond donors (Lipinski definition) is 1. The van der Waals surface area contributed by atoms with E-state index in [1.54, 1.807) is 11.3 Å². The van der Waals surface area contributed by atoms with E-state index in [1.165, 1.54) is 43.5 Å². The molecule has 1 fully saturated rings. The van der Waals surface area contributed by atoms with Gasteiger partial charge in [0.1, 0.15) is 5.01 Å². The second-order valence-electron chi connectivity index (χ2n) is 4.84. The average molecular weight is 238 g/mol. The third-order valence-corrected chi connectivity index (χ3v) is 4.49. The predicted molar refractivity (Wildman–Crippen MR) is 69.7 cm³/mol. The van der Waals surface area contributed by atoms with Crippen LogP contribution in [0, 0.1) is 5.92 Å². The number of aromatic nitrogens is 1. The van der Waals surface area contributed by atoms with Crippen LogP contribution in [0.5, 0.6) is 0 Å². The maximum Gasteiger partial charge on any atom is 0.109 e. The molecular weight excluding hydrogens is 216 g/mol. The molecule has 1 aromatic heterocycles. The Morgan fingerprint density at radius 2 is 2.31 bits per heavy atom. The Labute approximate surface area is 102 Å². The van der Waals surface area contributed by atoms with Crippen LogP contribution in [0.15, 0.2) is 11.6 Å². The zero-order chi connectivity index (χ0) is 11.2. The normalized spacial score (nSPS) is 19.1. The molecule has 0 amide bonds. The van der Waals surface area contributed by atoms with Crippen molar-refractivity contribution in [3.63, 3.8) is 0 Å². The first-order valence-corrected chi connectivity index (χ1v) is 7.37.